The zero-order valence-corrected chi connectivity index (χ0v) is 8.85. The maximum Gasteiger partial charge on any atom is 0.343 e. The fourth-order valence-corrected chi connectivity index (χ4v) is 1.83. The highest BCUT2D eigenvalue weighted by atomic mass is 79.9. The topological polar surface area (TPSA) is 73.3 Å². The number of nitrogens with zero attached hydrogens (tertiary/aromatic N) is 1. The lowest BCUT2D eigenvalue weighted by Gasteiger charge is -1.99. The highest BCUT2D eigenvalue weighted by Crippen LogP contribution is 2.31. The smallest absolute Gasteiger partial charge is 0.343 e. The van der Waals surface area contributed by atoms with Crippen molar-refractivity contribution < 1.29 is 9.34 Å². The van der Waals surface area contributed by atoms with Crippen LogP contribution in [0.1, 0.15) is 0 Å². The Kier molecular flexibility index (Phi) is 2.28. The van der Waals surface area contributed by atoms with Gasteiger partial charge in [-0.15, -0.1) is 0 Å². The first-order valence-electron chi connectivity index (χ1n) is 3.95. The molecule has 0 aliphatic heterocycles. The highest BCUT2D eigenvalue weighted by Gasteiger charge is 2.18. The third-order valence-electron chi connectivity index (χ3n) is 1.98. The van der Waals surface area contributed by atoms with E-state index in [1.54, 1.807) is 0 Å². The summed E-state index contributed by atoms with van der Waals surface area (Å²) in [5.41, 5.74) is -0.705. The van der Waals surface area contributed by atoms with Crippen LogP contribution in [0.4, 0.5) is 5.69 Å². The molecule has 0 atom stereocenters. The molecule has 6 heteroatoms. The van der Waals surface area contributed by atoms with Crippen molar-refractivity contribution in [1.29, 1.82) is 0 Å². The van der Waals surface area contributed by atoms with Gasteiger partial charge < -0.3 is 4.42 Å². The van der Waals surface area contributed by atoms with Gasteiger partial charge in [-0.3, -0.25) is 10.1 Å². The number of nitro groups is 1. The largest absolute Gasteiger partial charge is 0.431 e. The summed E-state index contributed by atoms with van der Waals surface area (Å²) in [6.45, 7) is 0. The molecule has 0 amide bonds. The van der Waals surface area contributed by atoms with E-state index in [0.29, 0.717) is 4.47 Å². The minimum atomic E-state index is -0.580. The monoisotopic (exact) mass is 269 g/mol. The summed E-state index contributed by atoms with van der Waals surface area (Å²) in [5.74, 6) is 0. The van der Waals surface area contributed by atoms with Crippen molar-refractivity contribution in [1.82, 2.24) is 0 Å². The number of fused-ring (bicyclic) bond motifs is 1. The maximum atomic E-state index is 11.3. The van der Waals surface area contributed by atoms with Gasteiger partial charge in [0.25, 0.3) is 5.69 Å². The van der Waals surface area contributed by atoms with Crippen molar-refractivity contribution in [3.63, 3.8) is 0 Å². The lowest BCUT2D eigenvalue weighted by molar-refractivity contribution is -0.383. The predicted molar refractivity (Wildman–Crippen MR) is 56.8 cm³/mol. The summed E-state index contributed by atoms with van der Waals surface area (Å²) in [5, 5.41) is 11.3. The molecule has 0 N–H and O–H groups in total. The number of nitro benzene ring substituents is 1. The van der Waals surface area contributed by atoms with Gasteiger partial charge in [-0.1, -0.05) is 0 Å². The molecule has 0 spiro atoms. The molecule has 5 nitrogen and oxygen atoms in total. The Labute approximate surface area is 91.6 Å². The number of halogens is 1. The molecule has 0 aliphatic carbocycles. The van der Waals surface area contributed by atoms with E-state index in [0.717, 1.165) is 6.26 Å². The summed E-state index contributed by atoms with van der Waals surface area (Å²) in [6, 6.07) is 4.34. The zero-order chi connectivity index (χ0) is 11.0. The second-order valence-corrected chi connectivity index (χ2v) is 3.68. The van der Waals surface area contributed by atoms with Crippen LogP contribution < -0.4 is 5.63 Å². The van der Waals surface area contributed by atoms with Crippen LogP contribution in [0.15, 0.2) is 38.1 Å². The van der Waals surface area contributed by atoms with E-state index >= 15 is 0 Å². The third kappa shape index (κ3) is 1.52. The number of hydrogen-bond acceptors (Lipinski definition) is 4. The average molecular weight is 270 g/mol. The number of rotatable bonds is 1. The first-order valence-corrected chi connectivity index (χ1v) is 4.75. The molecule has 0 bridgehead atoms. The van der Waals surface area contributed by atoms with Crippen molar-refractivity contribution in [3.8, 4) is 0 Å². The molecular weight excluding hydrogens is 266 g/mol. The first-order chi connectivity index (χ1) is 7.11. The molecule has 2 aromatic rings. The van der Waals surface area contributed by atoms with Crippen LogP contribution in [-0.2, 0) is 0 Å². The molecule has 0 saturated carbocycles. The Bertz CT molecular complexity index is 605. The molecule has 0 unspecified atom stereocenters. The molecule has 1 aromatic carbocycles. The molecule has 0 saturated heterocycles. The van der Waals surface area contributed by atoms with Gasteiger partial charge in [-0.25, -0.2) is 4.79 Å². The van der Waals surface area contributed by atoms with Gasteiger partial charge in [0.15, 0.2) is 0 Å². The van der Waals surface area contributed by atoms with Crippen molar-refractivity contribution in [2.75, 3.05) is 0 Å². The quantitative estimate of drug-likeness (QED) is 0.589. The Morgan fingerprint density at radius 2 is 2.00 bits per heavy atom. The van der Waals surface area contributed by atoms with Gasteiger partial charge in [-0.2, -0.15) is 0 Å². The Morgan fingerprint density at radius 3 is 2.67 bits per heavy atom. The zero-order valence-electron chi connectivity index (χ0n) is 7.27. The van der Waals surface area contributed by atoms with E-state index in [4.69, 9.17) is 0 Å². The van der Waals surface area contributed by atoms with Crippen molar-refractivity contribution >= 4 is 32.4 Å². The third-order valence-corrected chi connectivity index (χ3v) is 2.62. The van der Waals surface area contributed by atoms with Gasteiger partial charge in [-0.05, 0) is 34.1 Å². The van der Waals surface area contributed by atoms with E-state index < -0.39 is 10.5 Å². The summed E-state index contributed by atoms with van der Waals surface area (Å²) >= 11 is 3.07. The van der Waals surface area contributed by atoms with Gasteiger partial charge in [0.1, 0.15) is 0 Å². The summed E-state index contributed by atoms with van der Waals surface area (Å²) in [4.78, 5) is 21.5. The Balaban J connectivity index is 3.01. The Morgan fingerprint density at radius 1 is 1.27 bits per heavy atom. The van der Waals surface area contributed by atoms with E-state index in [9.17, 15) is 14.9 Å². The second-order valence-electron chi connectivity index (χ2n) is 2.82. The normalized spacial score (nSPS) is 10.5. The average Bonchev–Trinajstić information content (AvgIpc) is 2.17. The molecule has 0 aliphatic rings. The van der Waals surface area contributed by atoms with Crippen LogP contribution in [0.2, 0.25) is 0 Å². The van der Waals surface area contributed by atoms with Gasteiger partial charge in [0.2, 0.25) is 0 Å². The van der Waals surface area contributed by atoms with Crippen LogP contribution in [0, 0.1) is 10.1 Å². The van der Waals surface area contributed by atoms with Crippen molar-refractivity contribution in [2.45, 2.75) is 0 Å². The van der Waals surface area contributed by atoms with E-state index in [-0.39, 0.29) is 16.5 Å². The Hall–Kier alpha value is -1.69. The SMILES string of the molecule is O=c1occc2c([N+](=O)[O-])c(Br)ccc12. The van der Waals surface area contributed by atoms with E-state index in [1.807, 2.05) is 0 Å². The first kappa shape index (κ1) is 9.85. The minimum Gasteiger partial charge on any atom is -0.431 e. The molecule has 1 heterocycles. The van der Waals surface area contributed by atoms with Crippen molar-refractivity contribution in [3.05, 3.63) is 49.5 Å². The van der Waals surface area contributed by atoms with Crippen LogP contribution in [0.5, 0.6) is 0 Å². The van der Waals surface area contributed by atoms with Gasteiger partial charge in [0, 0.05) is 0 Å². The molecule has 76 valence electrons. The highest BCUT2D eigenvalue weighted by molar-refractivity contribution is 9.10. The molecule has 0 radical (unpaired) electrons. The van der Waals surface area contributed by atoms with E-state index in [1.165, 1.54) is 18.2 Å². The van der Waals surface area contributed by atoms with Crippen LogP contribution >= 0.6 is 15.9 Å². The fraction of sp³-hybridized carbons (Fsp3) is 0. The summed E-state index contributed by atoms with van der Waals surface area (Å²) in [6.07, 6.45) is 1.14. The summed E-state index contributed by atoms with van der Waals surface area (Å²) in [7, 11) is 0. The minimum absolute atomic E-state index is 0.125. The van der Waals surface area contributed by atoms with E-state index in [2.05, 4.69) is 20.3 Å². The van der Waals surface area contributed by atoms with Crippen LogP contribution in [-0.4, -0.2) is 4.92 Å². The molecule has 15 heavy (non-hydrogen) atoms. The predicted octanol–water partition coefficient (Wildman–Crippen LogP) is 2.46. The van der Waals surface area contributed by atoms with Crippen LogP contribution in [0.25, 0.3) is 10.8 Å². The molecule has 0 fully saturated rings. The summed E-state index contributed by atoms with van der Waals surface area (Å²) < 4.78 is 4.96. The molecule has 2 rings (SSSR count). The molecule has 1 aromatic heterocycles. The van der Waals surface area contributed by atoms with Gasteiger partial charge >= 0.3 is 5.63 Å². The van der Waals surface area contributed by atoms with Gasteiger partial charge in [0.05, 0.1) is 26.4 Å². The number of benzene rings is 1. The standard InChI is InChI=1S/C9H4BrNO4/c10-7-2-1-6-5(8(7)11(13)14)3-4-15-9(6)12/h1-4H. The van der Waals surface area contributed by atoms with Crippen molar-refractivity contribution in [2.24, 2.45) is 0 Å². The fourth-order valence-electron chi connectivity index (χ4n) is 1.34. The molecular formula is C9H4BrNO4. The second kappa shape index (κ2) is 3.47. The lowest BCUT2D eigenvalue weighted by Crippen LogP contribution is -2.00. The lowest BCUT2D eigenvalue weighted by atomic mass is 10.1. The maximum absolute atomic E-state index is 11.3. The number of hydrogen-bond donors (Lipinski definition) is 0. The van der Waals surface area contributed by atoms with Crippen LogP contribution in [0.3, 0.4) is 0 Å².